The van der Waals surface area contributed by atoms with Gasteiger partial charge in [-0.3, -0.25) is 14.6 Å². The lowest BCUT2D eigenvalue weighted by Crippen LogP contribution is -2.52. The van der Waals surface area contributed by atoms with Gasteiger partial charge in [-0.25, -0.2) is 8.78 Å². The SMILES string of the molecule is Cc1ccc([C@]2(O)C(=O)N(C[C@H]3C[C@@H](C(F)F)[C@H](NC(=O)c4cccnc4)C[C@H]3Cl)c3ccccc32)cc1. The van der Waals surface area contributed by atoms with Crippen LogP contribution in [-0.4, -0.2) is 46.3 Å². The first-order valence-corrected chi connectivity index (χ1v) is 13.0. The van der Waals surface area contributed by atoms with Gasteiger partial charge in [0.15, 0.2) is 5.60 Å². The highest BCUT2D eigenvalue weighted by atomic mass is 35.5. The lowest BCUT2D eigenvalue weighted by molar-refractivity contribution is -0.132. The van der Waals surface area contributed by atoms with Crippen LogP contribution in [0.25, 0.3) is 0 Å². The van der Waals surface area contributed by atoms with Crippen molar-refractivity contribution in [2.75, 3.05) is 11.4 Å². The van der Waals surface area contributed by atoms with E-state index in [9.17, 15) is 23.5 Å². The Bertz CT molecular complexity index is 1320. The van der Waals surface area contributed by atoms with Crippen LogP contribution in [0.15, 0.2) is 73.1 Å². The minimum absolute atomic E-state index is 0.0126. The van der Waals surface area contributed by atoms with E-state index in [1.165, 1.54) is 17.3 Å². The number of carbonyl (C=O) groups is 2. The van der Waals surface area contributed by atoms with Gasteiger partial charge in [0, 0.05) is 41.8 Å². The van der Waals surface area contributed by atoms with Gasteiger partial charge in [0.2, 0.25) is 6.43 Å². The molecule has 2 aromatic carbocycles. The van der Waals surface area contributed by atoms with E-state index >= 15 is 0 Å². The largest absolute Gasteiger partial charge is 0.372 e. The first-order chi connectivity index (χ1) is 18.2. The zero-order valence-electron chi connectivity index (χ0n) is 20.7. The third-order valence-electron chi connectivity index (χ3n) is 7.67. The lowest BCUT2D eigenvalue weighted by atomic mass is 9.77. The van der Waals surface area contributed by atoms with Gasteiger partial charge in [-0.2, -0.15) is 0 Å². The van der Waals surface area contributed by atoms with Crippen molar-refractivity contribution in [2.24, 2.45) is 11.8 Å². The molecule has 1 aliphatic carbocycles. The van der Waals surface area contributed by atoms with E-state index in [0.29, 0.717) is 16.8 Å². The van der Waals surface area contributed by atoms with Gasteiger partial charge in [-0.1, -0.05) is 48.0 Å². The van der Waals surface area contributed by atoms with E-state index in [-0.39, 0.29) is 24.9 Å². The number of nitrogens with one attached hydrogen (secondary N) is 1. The number of aryl methyl sites for hydroxylation is 1. The maximum atomic E-state index is 14.2. The number of hydrogen-bond acceptors (Lipinski definition) is 4. The number of benzene rings is 2. The summed E-state index contributed by atoms with van der Waals surface area (Å²) in [4.78, 5) is 31.8. The molecule has 5 atom stereocenters. The number of rotatable bonds is 6. The summed E-state index contributed by atoms with van der Waals surface area (Å²) in [7, 11) is 0. The van der Waals surface area contributed by atoms with E-state index in [1.807, 2.05) is 19.1 Å². The fraction of sp³-hybridized carbons (Fsp3) is 0.345. The average Bonchev–Trinajstić information content (AvgIpc) is 3.13. The highest BCUT2D eigenvalue weighted by Crippen LogP contribution is 2.46. The Morgan fingerprint density at radius 1 is 1.16 bits per heavy atom. The molecule has 38 heavy (non-hydrogen) atoms. The molecule has 2 heterocycles. The molecular formula is C29H28ClF2N3O3. The maximum Gasteiger partial charge on any atom is 0.268 e. The molecule has 198 valence electrons. The normalized spacial score (nSPS) is 26.9. The second-order valence-corrected chi connectivity index (χ2v) is 10.6. The summed E-state index contributed by atoms with van der Waals surface area (Å²) in [5, 5.41) is 13.9. The van der Waals surface area contributed by atoms with Gasteiger partial charge in [-0.15, -0.1) is 11.6 Å². The van der Waals surface area contributed by atoms with E-state index in [2.05, 4.69) is 10.3 Å². The molecule has 2 amide bonds. The Hall–Kier alpha value is -3.36. The van der Waals surface area contributed by atoms with E-state index in [0.717, 1.165) is 5.56 Å². The van der Waals surface area contributed by atoms with Crippen LogP contribution in [0.1, 0.15) is 39.9 Å². The Labute approximate surface area is 224 Å². The second kappa shape index (κ2) is 10.4. The molecular weight excluding hydrogens is 512 g/mol. The molecule has 1 aromatic heterocycles. The summed E-state index contributed by atoms with van der Waals surface area (Å²) in [6, 6.07) is 16.4. The number of fused-ring (bicyclic) bond motifs is 1. The highest BCUT2D eigenvalue weighted by molar-refractivity contribution is 6.21. The fourth-order valence-electron chi connectivity index (χ4n) is 5.58. The number of nitrogens with zero attached hydrogens (tertiary/aromatic N) is 2. The topological polar surface area (TPSA) is 82.5 Å². The van der Waals surface area contributed by atoms with Gasteiger partial charge in [0.25, 0.3) is 11.8 Å². The molecule has 0 spiro atoms. The van der Waals surface area contributed by atoms with Gasteiger partial charge < -0.3 is 15.3 Å². The summed E-state index contributed by atoms with van der Waals surface area (Å²) in [6.07, 6.45) is 0.350. The summed E-state index contributed by atoms with van der Waals surface area (Å²) >= 11 is 6.73. The predicted molar refractivity (Wildman–Crippen MR) is 140 cm³/mol. The third-order valence-corrected chi connectivity index (χ3v) is 8.21. The van der Waals surface area contributed by atoms with Crippen LogP contribution in [0.4, 0.5) is 14.5 Å². The lowest BCUT2D eigenvalue weighted by Gasteiger charge is -2.40. The van der Waals surface area contributed by atoms with Crippen molar-refractivity contribution in [3.8, 4) is 0 Å². The third kappa shape index (κ3) is 4.67. The molecule has 9 heteroatoms. The number of hydrogen-bond donors (Lipinski definition) is 2. The van der Waals surface area contributed by atoms with Crippen LogP contribution < -0.4 is 10.2 Å². The predicted octanol–water partition coefficient (Wildman–Crippen LogP) is 4.67. The molecule has 1 saturated carbocycles. The van der Waals surface area contributed by atoms with Gasteiger partial charge >= 0.3 is 0 Å². The number of anilines is 1. The molecule has 1 fully saturated rings. The van der Waals surface area contributed by atoms with Crippen molar-refractivity contribution in [3.05, 3.63) is 95.3 Å². The van der Waals surface area contributed by atoms with Gasteiger partial charge in [-0.05, 0) is 49.4 Å². The van der Waals surface area contributed by atoms with Crippen molar-refractivity contribution in [2.45, 2.75) is 43.2 Å². The zero-order valence-corrected chi connectivity index (χ0v) is 21.5. The Morgan fingerprint density at radius 2 is 1.89 bits per heavy atom. The Morgan fingerprint density at radius 3 is 2.58 bits per heavy atom. The summed E-state index contributed by atoms with van der Waals surface area (Å²) < 4.78 is 28.4. The summed E-state index contributed by atoms with van der Waals surface area (Å²) in [5.74, 6) is -2.63. The average molecular weight is 540 g/mol. The van der Waals surface area contributed by atoms with Crippen LogP contribution in [0.2, 0.25) is 0 Å². The molecule has 2 N–H and O–H groups in total. The van der Waals surface area contributed by atoms with E-state index < -0.39 is 47.1 Å². The molecule has 0 unspecified atom stereocenters. The second-order valence-electron chi connectivity index (χ2n) is 10.1. The van der Waals surface area contributed by atoms with Crippen LogP contribution in [0.5, 0.6) is 0 Å². The fourth-order valence-corrected chi connectivity index (χ4v) is 5.95. The minimum Gasteiger partial charge on any atom is -0.372 e. The molecule has 0 saturated heterocycles. The smallest absolute Gasteiger partial charge is 0.268 e. The number of alkyl halides is 3. The minimum atomic E-state index is -2.69. The number of aromatic nitrogens is 1. The quantitative estimate of drug-likeness (QED) is 0.446. The zero-order chi connectivity index (χ0) is 27.0. The Balaban J connectivity index is 1.38. The van der Waals surface area contributed by atoms with Crippen LogP contribution in [-0.2, 0) is 10.4 Å². The standard InChI is InChI=1S/C29H28ClF2N3O3/c1-17-8-10-20(11-9-17)29(38)22-6-2-3-7-25(22)35(28(29)37)16-19-13-21(26(31)32)24(14-23(19)30)34-27(36)18-5-4-12-33-15-18/h2-12,15,19,21,23-24,26,38H,13-14,16H2,1H3,(H,34,36)/t19-,21-,23-,24-,29-/m1/s1. The molecule has 1 aliphatic heterocycles. The van der Waals surface area contributed by atoms with Crippen molar-refractivity contribution < 1.29 is 23.5 Å². The molecule has 2 aliphatic rings. The van der Waals surface area contributed by atoms with Crippen molar-refractivity contribution in [1.82, 2.24) is 10.3 Å². The summed E-state index contributed by atoms with van der Waals surface area (Å²) in [5.41, 5.74) is 0.806. The molecule has 5 rings (SSSR count). The van der Waals surface area contributed by atoms with Gasteiger partial charge in [0.05, 0.1) is 11.3 Å². The van der Waals surface area contributed by atoms with Crippen molar-refractivity contribution in [1.29, 1.82) is 0 Å². The first kappa shape index (κ1) is 26.3. The highest BCUT2D eigenvalue weighted by Gasteiger charge is 2.52. The van der Waals surface area contributed by atoms with Crippen molar-refractivity contribution >= 4 is 29.1 Å². The first-order valence-electron chi connectivity index (χ1n) is 12.5. The number of halogens is 3. The summed E-state index contributed by atoms with van der Waals surface area (Å²) in [6.45, 7) is 1.99. The molecule has 0 bridgehead atoms. The van der Waals surface area contributed by atoms with Crippen LogP contribution in [0.3, 0.4) is 0 Å². The number of pyridine rings is 1. The number of aliphatic hydroxyl groups is 1. The van der Waals surface area contributed by atoms with Crippen LogP contribution >= 0.6 is 11.6 Å². The monoisotopic (exact) mass is 539 g/mol. The molecule has 3 aromatic rings. The number of amides is 2. The number of carbonyl (C=O) groups excluding carboxylic acids is 2. The Kier molecular flexibility index (Phi) is 7.20. The maximum absolute atomic E-state index is 14.2. The number of para-hydroxylation sites is 1. The molecule has 0 radical (unpaired) electrons. The van der Waals surface area contributed by atoms with Gasteiger partial charge in [0.1, 0.15) is 0 Å². The molecule has 6 nitrogen and oxygen atoms in total. The van der Waals surface area contributed by atoms with Crippen LogP contribution in [0, 0.1) is 18.8 Å². The van der Waals surface area contributed by atoms with Crippen molar-refractivity contribution in [3.63, 3.8) is 0 Å². The van der Waals surface area contributed by atoms with E-state index in [1.54, 1.807) is 48.5 Å². The van der Waals surface area contributed by atoms with E-state index in [4.69, 9.17) is 11.6 Å².